The second kappa shape index (κ2) is 13.5. The minimum Gasteiger partial charge on any atom is -0.493 e. The van der Waals surface area contributed by atoms with Gasteiger partial charge in [0.15, 0.2) is 11.5 Å². The molecule has 0 saturated carbocycles. The summed E-state index contributed by atoms with van der Waals surface area (Å²) in [6, 6.07) is 17.0. The van der Waals surface area contributed by atoms with Crippen LogP contribution in [0.4, 0.5) is 0 Å². The van der Waals surface area contributed by atoms with Crippen LogP contribution in [0.25, 0.3) is 16.6 Å². The van der Waals surface area contributed by atoms with Crippen molar-refractivity contribution in [3.05, 3.63) is 87.4 Å². The van der Waals surface area contributed by atoms with Gasteiger partial charge in [-0.05, 0) is 55.8 Å². The number of carbonyl (C=O) groups is 1. The van der Waals surface area contributed by atoms with E-state index in [-0.39, 0.29) is 11.5 Å². The van der Waals surface area contributed by atoms with E-state index in [1.807, 2.05) is 31.2 Å². The molecule has 0 N–H and O–H groups in total. The Hall–Kier alpha value is -4.04. The number of carbonyl (C=O) groups excluding carboxylic acids is 1. The first-order valence-electron chi connectivity index (χ1n) is 13.7. The summed E-state index contributed by atoms with van der Waals surface area (Å²) < 4.78 is 18.0. The summed E-state index contributed by atoms with van der Waals surface area (Å²) in [5.41, 5.74) is 1.28. The van der Waals surface area contributed by atoms with E-state index in [2.05, 4.69) is 6.92 Å². The number of nitrogens with zero attached hydrogens (tertiary/aromatic N) is 3. The van der Waals surface area contributed by atoms with Gasteiger partial charge in [-0.25, -0.2) is 4.98 Å². The van der Waals surface area contributed by atoms with Gasteiger partial charge in [-0.2, -0.15) is 0 Å². The SMILES string of the molecule is CCCCCCN(C(=O)c1cc(OC)c(OC)c(OC)c1)C(C)c1nc2ccccc2c(=O)n1-c1cccc(Cl)c1. The van der Waals surface area contributed by atoms with E-state index in [0.717, 1.165) is 25.7 Å². The van der Waals surface area contributed by atoms with Crippen molar-refractivity contribution >= 4 is 28.4 Å². The van der Waals surface area contributed by atoms with E-state index < -0.39 is 6.04 Å². The molecule has 4 aromatic rings. The molecule has 0 saturated heterocycles. The van der Waals surface area contributed by atoms with Crippen LogP contribution in [0.15, 0.2) is 65.5 Å². The van der Waals surface area contributed by atoms with Gasteiger partial charge in [-0.1, -0.05) is 56.0 Å². The highest BCUT2D eigenvalue weighted by Crippen LogP contribution is 2.39. The minimum atomic E-state index is -0.570. The van der Waals surface area contributed by atoms with Gasteiger partial charge in [-0.3, -0.25) is 14.2 Å². The Morgan fingerprint density at radius 2 is 1.66 bits per heavy atom. The standard InChI is InChI=1S/C32H36ClN3O5/c1-6-7-8-11-17-35(31(37)22-18-27(39-3)29(41-5)28(19-22)40-4)21(2)30-34-26-16-10-9-15-25(26)32(38)36(30)24-14-12-13-23(33)20-24/h9-10,12-16,18-21H,6-8,11,17H2,1-5H3. The lowest BCUT2D eigenvalue weighted by atomic mass is 10.1. The number of rotatable bonds is 12. The molecule has 1 unspecified atom stereocenters. The van der Waals surface area contributed by atoms with Crippen molar-refractivity contribution in [3.63, 3.8) is 0 Å². The van der Waals surface area contributed by atoms with E-state index in [9.17, 15) is 9.59 Å². The molecule has 0 aliphatic carbocycles. The van der Waals surface area contributed by atoms with Gasteiger partial charge in [0, 0.05) is 17.1 Å². The summed E-state index contributed by atoms with van der Waals surface area (Å²) in [6.45, 7) is 4.51. The Morgan fingerprint density at radius 1 is 0.951 bits per heavy atom. The molecule has 4 rings (SSSR count). The van der Waals surface area contributed by atoms with Crippen molar-refractivity contribution in [1.29, 1.82) is 0 Å². The first-order chi connectivity index (χ1) is 19.8. The van der Waals surface area contributed by atoms with Gasteiger partial charge in [0.05, 0.1) is 44.0 Å². The second-order valence-corrected chi connectivity index (χ2v) is 10.2. The summed E-state index contributed by atoms with van der Waals surface area (Å²) in [5.74, 6) is 1.36. The van der Waals surface area contributed by atoms with Gasteiger partial charge >= 0.3 is 0 Å². The molecule has 8 nitrogen and oxygen atoms in total. The summed E-state index contributed by atoms with van der Waals surface area (Å²) in [4.78, 5) is 34.8. The lowest BCUT2D eigenvalue weighted by Crippen LogP contribution is -2.38. The molecule has 41 heavy (non-hydrogen) atoms. The Bertz CT molecular complexity index is 1560. The first-order valence-corrected chi connectivity index (χ1v) is 14.1. The van der Waals surface area contributed by atoms with Crippen LogP contribution in [0, 0.1) is 0 Å². The van der Waals surface area contributed by atoms with Crippen LogP contribution in [-0.2, 0) is 0 Å². The van der Waals surface area contributed by atoms with E-state index in [0.29, 0.717) is 56.8 Å². The zero-order valence-corrected chi connectivity index (χ0v) is 24.9. The Kier molecular flexibility index (Phi) is 9.89. The number of methoxy groups -OCH3 is 3. The van der Waals surface area contributed by atoms with E-state index in [4.69, 9.17) is 30.8 Å². The third-order valence-electron chi connectivity index (χ3n) is 7.13. The Morgan fingerprint density at radius 3 is 2.29 bits per heavy atom. The zero-order chi connectivity index (χ0) is 29.5. The lowest BCUT2D eigenvalue weighted by molar-refractivity contribution is 0.0676. The van der Waals surface area contributed by atoms with Crippen LogP contribution >= 0.6 is 11.6 Å². The molecule has 216 valence electrons. The van der Waals surface area contributed by atoms with Crippen molar-refractivity contribution in [2.45, 2.75) is 45.6 Å². The lowest BCUT2D eigenvalue weighted by Gasteiger charge is -2.31. The number of unbranched alkanes of at least 4 members (excludes halogenated alkanes) is 3. The number of hydrogen-bond donors (Lipinski definition) is 0. The summed E-state index contributed by atoms with van der Waals surface area (Å²) in [7, 11) is 4.54. The summed E-state index contributed by atoms with van der Waals surface area (Å²) in [6.07, 6.45) is 3.89. The van der Waals surface area contributed by atoms with Crippen LogP contribution in [0.5, 0.6) is 17.2 Å². The number of amides is 1. The highest BCUT2D eigenvalue weighted by Gasteiger charge is 2.29. The number of ether oxygens (including phenoxy) is 3. The number of para-hydroxylation sites is 1. The third kappa shape index (κ3) is 6.33. The van der Waals surface area contributed by atoms with Crippen LogP contribution in [0.3, 0.4) is 0 Å². The van der Waals surface area contributed by atoms with Gasteiger partial charge < -0.3 is 19.1 Å². The fourth-order valence-electron chi connectivity index (χ4n) is 4.98. The smallest absolute Gasteiger partial charge is 0.266 e. The van der Waals surface area contributed by atoms with Crippen molar-refractivity contribution in [2.75, 3.05) is 27.9 Å². The van der Waals surface area contributed by atoms with E-state index in [1.165, 1.54) is 21.3 Å². The number of aromatic nitrogens is 2. The average Bonchev–Trinajstić information content (AvgIpc) is 2.99. The fraction of sp³-hybridized carbons (Fsp3) is 0.344. The topological polar surface area (TPSA) is 82.9 Å². The van der Waals surface area contributed by atoms with Gasteiger partial charge in [0.1, 0.15) is 5.82 Å². The van der Waals surface area contributed by atoms with Crippen LogP contribution < -0.4 is 19.8 Å². The molecule has 0 aliphatic rings. The Balaban J connectivity index is 1.89. The predicted molar refractivity (Wildman–Crippen MR) is 162 cm³/mol. The van der Waals surface area contributed by atoms with Crippen molar-refractivity contribution in [3.8, 4) is 22.9 Å². The van der Waals surface area contributed by atoms with E-state index in [1.54, 1.807) is 45.9 Å². The maximum Gasteiger partial charge on any atom is 0.266 e. The van der Waals surface area contributed by atoms with Crippen molar-refractivity contribution in [2.24, 2.45) is 0 Å². The molecule has 0 bridgehead atoms. The van der Waals surface area contributed by atoms with Crippen molar-refractivity contribution in [1.82, 2.24) is 14.5 Å². The van der Waals surface area contributed by atoms with Crippen LogP contribution in [0.1, 0.15) is 61.8 Å². The maximum atomic E-state index is 14.2. The number of fused-ring (bicyclic) bond motifs is 1. The molecule has 0 fully saturated rings. The molecule has 0 radical (unpaired) electrons. The number of hydrogen-bond acceptors (Lipinski definition) is 6. The largest absolute Gasteiger partial charge is 0.493 e. The maximum absolute atomic E-state index is 14.2. The van der Waals surface area contributed by atoms with Crippen LogP contribution in [-0.4, -0.2) is 48.2 Å². The minimum absolute atomic E-state index is 0.231. The highest BCUT2D eigenvalue weighted by atomic mass is 35.5. The molecule has 9 heteroatoms. The Labute approximate surface area is 245 Å². The molecule has 1 heterocycles. The quantitative estimate of drug-likeness (QED) is 0.171. The van der Waals surface area contributed by atoms with Gasteiger partial charge in [0.2, 0.25) is 5.75 Å². The third-order valence-corrected chi connectivity index (χ3v) is 7.37. The van der Waals surface area contributed by atoms with Crippen molar-refractivity contribution < 1.29 is 19.0 Å². The van der Waals surface area contributed by atoms with Gasteiger partial charge in [0.25, 0.3) is 11.5 Å². The highest BCUT2D eigenvalue weighted by molar-refractivity contribution is 6.30. The molecule has 1 amide bonds. The fourth-order valence-corrected chi connectivity index (χ4v) is 5.17. The summed E-state index contributed by atoms with van der Waals surface area (Å²) >= 11 is 6.34. The molecule has 1 aromatic heterocycles. The molecule has 0 spiro atoms. The van der Waals surface area contributed by atoms with E-state index >= 15 is 0 Å². The first kappa shape index (κ1) is 29.9. The molecular weight excluding hydrogens is 542 g/mol. The average molecular weight is 578 g/mol. The monoisotopic (exact) mass is 577 g/mol. The number of benzene rings is 3. The number of halogens is 1. The summed E-state index contributed by atoms with van der Waals surface area (Å²) in [5, 5.41) is 0.972. The molecule has 3 aromatic carbocycles. The second-order valence-electron chi connectivity index (χ2n) is 9.76. The van der Waals surface area contributed by atoms with Crippen LogP contribution in [0.2, 0.25) is 5.02 Å². The zero-order valence-electron chi connectivity index (χ0n) is 24.1. The normalized spacial score (nSPS) is 11.8. The molecular formula is C32H36ClN3O5. The van der Waals surface area contributed by atoms with Gasteiger partial charge in [-0.15, -0.1) is 0 Å². The molecule has 1 atom stereocenters. The predicted octanol–water partition coefficient (Wildman–Crippen LogP) is 6.85. The molecule has 0 aliphatic heterocycles.